The van der Waals surface area contributed by atoms with Crippen LogP contribution in [0.1, 0.15) is 26.7 Å². The molecule has 0 fully saturated rings. The lowest BCUT2D eigenvalue weighted by molar-refractivity contribution is 0.144. The van der Waals surface area contributed by atoms with Crippen molar-refractivity contribution in [3.63, 3.8) is 0 Å². The lowest BCUT2D eigenvalue weighted by Crippen LogP contribution is -1.90. The van der Waals surface area contributed by atoms with Gasteiger partial charge in [0, 0.05) is 13.2 Å². The van der Waals surface area contributed by atoms with Crippen molar-refractivity contribution < 1.29 is 9.47 Å². The van der Waals surface area contributed by atoms with Crippen LogP contribution < -0.4 is 0 Å². The van der Waals surface area contributed by atoms with Crippen molar-refractivity contribution in [3.8, 4) is 0 Å². The van der Waals surface area contributed by atoms with E-state index in [0.717, 1.165) is 13.2 Å². The molecule has 14 heavy (non-hydrogen) atoms. The zero-order valence-corrected chi connectivity index (χ0v) is 9.63. The molecule has 0 unspecified atom stereocenters. The van der Waals surface area contributed by atoms with Crippen LogP contribution in [0, 0.1) is 0 Å². The van der Waals surface area contributed by atoms with Crippen molar-refractivity contribution >= 4 is 0 Å². The Kier molecular flexibility index (Phi) is 20.7. The Morgan fingerprint density at radius 3 is 1.93 bits per heavy atom. The number of ether oxygens (including phenoxy) is 2. The molecule has 0 spiro atoms. The zero-order chi connectivity index (χ0) is 11.1. The van der Waals surface area contributed by atoms with Crippen LogP contribution in [0.3, 0.4) is 0 Å². The quantitative estimate of drug-likeness (QED) is 0.442. The number of unbranched alkanes of at least 4 members (excludes halogenated alkanes) is 1. The molecule has 0 aliphatic heterocycles. The van der Waals surface area contributed by atoms with Gasteiger partial charge in [0.1, 0.15) is 0 Å². The fourth-order valence-electron chi connectivity index (χ4n) is 0.625. The molecule has 0 aromatic carbocycles. The Morgan fingerprint density at radius 1 is 1.00 bits per heavy atom. The molecular weight excluding hydrogens is 176 g/mol. The van der Waals surface area contributed by atoms with Gasteiger partial charge in [0.25, 0.3) is 0 Å². The first-order valence-corrected chi connectivity index (χ1v) is 5.20. The number of hydrogen-bond acceptors (Lipinski definition) is 2. The Bertz CT molecular complexity index is 98.9. The van der Waals surface area contributed by atoms with Crippen LogP contribution in [-0.4, -0.2) is 26.4 Å². The average Bonchev–Trinajstić information content (AvgIpc) is 2.21. The Hall–Kier alpha value is -0.600. The molecule has 0 heterocycles. The first-order chi connectivity index (χ1) is 6.83. The summed E-state index contributed by atoms with van der Waals surface area (Å²) in [6.45, 7) is 14.2. The molecule has 0 rings (SSSR count). The molecule has 0 bridgehead atoms. The smallest absolute Gasteiger partial charge is 0.0649 e. The minimum absolute atomic E-state index is 0.617. The van der Waals surface area contributed by atoms with E-state index in [9.17, 15) is 0 Å². The van der Waals surface area contributed by atoms with Crippen LogP contribution in [0.2, 0.25) is 0 Å². The van der Waals surface area contributed by atoms with E-state index in [1.807, 2.05) is 6.92 Å². The topological polar surface area (TPSA) is 18.5 Å². The largest absolute Gasteiger partial charge is 0.382 e. The molecule has 0 aliphatic rings. The fraction of sp³-hybridized carbons (Fsp3) is 0.667. The molecule has 2 nitrogen and oxygen atoms in total. The van der Waals surface area contributed by atoms with Crippen molar-refractivity contribution in [1.29, 1.82) is 0 Å². The van der Waals surface area contributed by atoms with Gasteiger partial charge in [0.2, 0.25) is 0 Å². The monoisotopic (exact) mass is 200 g/mol. The van der Waals surface area contributed by atoms with E-state index in [2.05, 4.69) is 20.1 Å². The summed E-state index contributed by atoms with van der Waals surface area (Å²) in [5.41, 5.74) is 0. The van der Waals surface area contributed by atoms with Crippen LogP contribution >= 0.6 is 0 Å². The first-order valence-electron chi connectivity index (χ1n) is 5.20. The zero-order valence-electron chi connectivity index (χ0n) is 9.63. The summed E-state index contributed by atoms with van der Waals surface area (Å²) in [6.07, 6.45) is 5.86. The molecule has 0 saturated carbocycles. The van der Waals surface area contributed by atoms with Crippen LogP contribution in [0.5, 0.6) is 0 Å². The molecule has 0 aromatic heterocycles. The molecule has 0 atom stereocenters. The highest BCUT2D eigenvalue weighted by atomic mass is 16.5. The van der Waals surface area contributed by atoms with Crippen LogP contribution in [0.4, 0.5) is 0 Å². The summed E-state index contributed by atoms with van der Waals surface area (Å²) in [4.78, 5) is 0. The molecule has 2 heteroatoms. The van der Waals surface area contributed by atoms with E-state index in [1.165, 1.54) is 12.8 Å². The van der Waals surface area contributed by atoms with Crippen LogP contribution in [-0.2, 0) is 9.47 Å². The summed E-state index contributed by atoms with van der Waals surface area (Å²) >= 11 is 0. The second-order valence-electron chi connectivity index (χ2n) is 2.67. The highest BCUT2D eigenvalue weighted by Gasteiger charge is 1.78. The summed E-state index contributed by atoms with van der Waals surface area (Å²) in [6, 6.07) is 0. The predicted octanol–water partition coefficient (Wildman–Crippen LogP) is 3.20. The van der Waals surface area contributed by atoms with Gasteiger partial charge in [-0.15, -0.1) is 13.2 Å². The molecule has 0 amide bonds. The summed E-state index contributed by atoms with van der Waals surface area (Å²) in [5, 5.41) is 0. The van der Waals surface area contributed by atoms with Crippen molar-refractivity contribution in [1.82, 2.24) is 0 Å². The van der Waals surface area contributed by atoms with Gasteiger partial charge in [-0.25, -0.2) is 0 Å². The van der Waals surface area contributed by atoms with E-state index in [4.69, 9.17) is 9.47 Å². The highest BCUT2D eigenvalue weighted by Crippen LogP contribution is 1.85. The second kappa shape index (κ2) is 18.2. The number of rotatable bonds is 8. The maximum absolute atomic E-state index is 5.07. The van der Waals surface area contributed by atoms with Crippen LogP contribution in [0.15, 0.2) is 25.3 Å². The number of hydrogen-bond donors (Lipinski definition) is 0. The van der Waals surface area contributed by atoms with Gasteiger partial charge < -0.3 is 9.47 Å². The normalized spacial score (nSPS) is 8.71. The van der Waals surface area contributed by atoms with E-state index < -0.39 is 0 Å². The maximum atomic E-state index is 5.07. The van der Waals surface area contributed by atoms with Crippen LogP contribution in [0.25, 0.3) is 0 Å². The minimum atomic E-state index is 0.617. The predicted molar refractivity (Wildman–Crippen MR) is 62.6 cm³/mol. The molecular formula is C12H24O2. The van der Waals surface area contributed by atoms with E-state index in [0.29, 0.717) is 13.2 Å². The first kappa shape index (κ1) is 15.9. The van der Waals surface area contributed by atoms with Gasteiger partial charge in [0.05, 0.1) is 13.2 Å². The van der Waals surface area contributed by atoms with Gasteiger partial charge >= 0.3 is 0 Å². The maximum Gasteiger partial charge on any atom is 0.0649 e. The highest BCUT2D eigenvalue weighted by molar-refractivity contribution is 4.68. The molecule has 0 aliphatic carbocycles. The van der Waals surface area contributed by atoms with E-state index >= 15 is 0 Å². The van der Waals surface area contributed by atoms with Gasteiger partial charge in [-0.05, 0) is 13.3 Å². The SMILES string of the molecule is C=CCOCC=C.CCCCOCC. The molecule has 0 aromatic rings. The van der Waals surface area contributed by atoms with Crippen molar-refractivity contribution in [2.75, 3.05) is 26.4 Å². The van der Waals surface area contributed by atoms with Gasteiger partial charge in [0.15, 0.2) is 0 Å². The van der Waals surface area contributed by atoms with E-state index in [1.54, 1.807) is 12.2 Å². The van der Waals surface area contributed by atoms with Gasteiger partial charge in [-0.1, -0.05) is 25.5 Å². The third-order valence-electron chi connectivity index (χ3n) is 1.32. The summed E-state index contributed by atoms with van der Waals surface area (Å²) in [5.74, 6) is 0. The summed E-state index contributed by atoms with van der Waals surface area (Å²) < 4.78 is 9.97. The fourth-order valence-corrected chi connectivity index (χ4v) is 0.625. The molecule has 84 valence electrons. The van der Waals surface area contributed by atoms with Crippen molar-refractivity contribution in [3.05, 3.63) is 25.3 Å². The molecule has 0 radical (unpaired) electrons. The second-order valence-corrected chi connectivity index (χ2v) is 2.67. The minimum Gasteiger partial charge on any atom is -0.382 e. The van der Waals surface area contributed by atoms with Crippen molar-refractivity contribution in [2.45, 2.75) is 26.7 Å². The third-order valence-corrected chi connectivity index (χ3v) is 1.32. The Balaban J connectivity index is 0. The molecule has 0 saturated heterocycles. The third kappa shape index (κ3) is 22.5. The van der Waals surface area contributed by atoms with Gasteiger partial charge in [-0.2, -0.15) is 0 Å². The lowest BCUT2D eigenvalue weighted by atomic mass is 10.4. The summed E-state index contributed by atoms with van der Waals surface area (Å²) in [7, 11) is 0. The lowest BCUT2D eigenvalue weighted by Gasteiger charge is -1.94. The molecule has 0 N–H and O–H groups in total. The van der Waals surface area contributed by atoms with E-state index in [-0.39, 0.29) is 0 Å². The van der Waals surface area contributed by atoms with Gasteiger partial charge in [-0.3, -0.25) is 0 Å². The standard InChI is InChI=1S/C6H14O.C6H10O/c1-3-5-6-7-4-2;1-3-5-7-6-4-2/h3-6H2,1-2H3;3-4H,1-2,5-6H2. The Morgan fingerprint density at radius 2 is 1.57 bits per heavy atom. The Labute approximate surface area is 88.6 Å². The average molecular weight is 200 g/mol. The van der Waals surface area contributed by atoms with Crippen molar-refractivity contribution in [2.24, 2.45) is 0 Å².